The summed E-state index contributed by atoms with van der Waals surface area (Å²) in [5.41, 5.74) is 0. The zero-order chi connectivity index (χ0) is 10.6. The molecule has 0 aliphatic carbocycles. The van der Waals surface area contributed by atoms with Gasteiger partial charge < -0.3 is 15.3 Å². The summed E-state index contributed by atoms with van der Waals surface area (Å²) in [6, 6.07) is 0. The van der Waals surface area contributed by atoms with E-state index in [1.807, 2.05) is 0 Å². The Kier molecular flexibility index (Phi) is 4.35. The highest BCUT2D eigenvalue weighted by Crippen LogP contribution is 2.14. The summed E-state index contributed by atoms with van der Waals surface area (Å²) in [6.07, 6.45) is 1.40. The molecule has 0 bridgehead atoms. The molecule has 0 saturated carbocycles. The lowest BCUT2D eigenvalue weighted by Crippen LogP contribution is -2.41. The maximum absolute atomic E-state index is 11.8. The van der Waals surface area contributed by atoms with Crippen molar-refractivity contribution in [1.29, 1.82) is 0 Å². The van der Waals surface area contributed by atoms with Crippen LogP contribution < -0.4 is 5.32 Å². The highest BCUT2D eigenvalue weighted by Gasteiger charge is 2.24. The second-order valence-corrected chi connectivity index (χ2v) is 4.09. The molecule has 0 aromatic rings. The van der Waals surface area contributed by atoms with Crippen LogP contribution in [0.2, 0.25) is 0 Å². The smallest absolute Gasteiger partial charge is 0.225 e. The van der Waals surface area contributed by atoms with E-state index in [9.17, 15) is 4.79 Å². The number of carbonyl (C=O) groups is 1. The number of aliphatic hydroxyl groups excluding tert-OH is 1. The van der Waals surface area contributed by atoms with Crippen molar-refractivity contribution in [1.82, 2.24) is 10.2 Å². The third kappa shape index (κ3) is 3.27. The molecule has 0 spiro atoms. The highest BCUT2D eigenvalue weighted by atomic mass is 16.3. The number of aliphatic hydroxyl groups is 1. The van der Waals surface area contributed by atoms with Crippen LogP contribution in [-0.4, -0.2) is 48.7 Å². The summed E-state index contributed by atoms with van der Waals surface area (Å²) >= 11 is 0. The van der Waals surface area contributed by atoms with Crippen molar-refractivity contribution in [2.24, 2.45) is 5.92 Å². The summed E-state index contributed by atoms with van der Waals surface area (Å²) in [5, 5.41) is 12.4. The number of amides is 1. The number of nitrogens with zero attached hydrogens (tertiary/aromatic N) is 1. The van der Waals surface area contributed by atoms with Gasteiger partial charge in [-0.25, -0.2) is 0 Å². The zero-order valence-electron chi connectivity index (χ0n) is 8.99. The molecule has 1 rings (SSSR count). The normalized spacial score (nSPS) is 20.5. The second kappa shape index (κ2) is 5.32. The number of rotatable bonds is 3. The molecule has 1 aliphatic heterocycles. The minimum atomic E-state index is -0.439. The first-order chi connectivity index (χ1) is 6.61. The van der Waals surface area contributed by atoms with Crippen molar-refractivity contribution >= 4 is 5.91 Å². The van der Waals surface area contributed by atoms with E-state index < -0.39 is 6.10 Å². The van der Waals surface area contributed by atoms with E-state index in [2.05, 4.69) is 5.32 Å². The Morgan fingerprint density at radius 3 is 2.64 bits per heavy atom. The topological polar surface area (TPSA) is 52.6 Å². The number of hydrogen-bond acceptors (Lipinski definition) is 3. The first kappa shape index (κ1) is 11.5. The summed E-state index contributed by atoms with van der Waals surface area (Å²) in [4.78, 5) is 13.5. The van der Waals surface area contributed by atoms with Crippen LogP contribution >= 0.6 is 0 Å². The van der Waals surface area contributed by atoms with E-state index in [4.69, 9.17) is 5.11 Å². The van der Waals surface area contributed by atoms with Gasteiger partial charge in [0.05, 0.1) is 6.10 Å². The van der Waals surface area contributed by atoms with Gasteiger partial charge in [-0.15, -0.1) is 0 Å². The van der Waals surface area contributed by atoms with Gasteiger partial charge in [-0.1, -0.05) is 0 Å². The van der Waals surface area contributed by atoms with Crippen LogP contribution in [-0.2, 0) is 4.79 Å². The van der Waals surface area contributed by atoms with Gasteiger partial charge in [0.1, 0.15) is 0 Å². The highest BCUT2D eigenvalue weighted by molar-refractivity contribution is 5.78. The summed E-state index contributed by atoms with van der Waals surface area (Å²) < 4.78 is 0. The summed E-state index contributed by atoms with van der Waals surface area (Å²) in [7, 11) is 1.76. The average molecular weight is 200 g/mol. The number of piperidine rings is 1. The number of likely N-dealkylation sites (N-methyl/N-ethyl adjacent to an activating group) is 1. The second-order valence-electron chi connectivity index (χ2n) is 4.09. The summed E-state index contributed by atoms with van der Waals surface area (Å²) in [5.74, 6) is 0.326. The fourth-order valence-electron chi connectivity index (χ4n) is 1.87. The molecule has 1 amide bonds. The first-order valence-corrected chi connectivity index (χ1v) is 5.25. The van der Waals surface area contributed by atoms with Crippen LogP contribution in [0.5, 0.6) is 0 Å². The van der Waals surface area contributed by atoms with Crippen LogP contribution in [0.1, 0.15) is 19.8 Å². The van der Waals surface area contributed by atoms with Gasteiger partial charge in [-0.3, -0.25) is 4.79 Å². The Balaban J connectivity index is 2.38. The molecule has 0 radical (unpaired) electrons. The molecule has 0 aromatic heterocycles. The Morgan fingerprint density at radius 2 is 2.14 bits per heavy atom. The third-order valence-electron chi connectivity index (χ3n) is 2.60. The molecular formula is C10H20N2O2. The molecule has 1 heterocycles. The molecule has 1 saturated heterocycles. The predicted octanol–water partition coefficient (Wildman–Crippen LogP) is -0.175. The van der Waals surface area contributed by atoms with Gasteiger partial charge in [0.15, 0.2) is 0 Å². The Hall–Kier alpha value is -0.610. The van der Waals surface area contributed by atoms with Gasteiger partial charge in [-0.05, 0) is 32.9 Å². The van der Waals surface area contributed by atoms with Crippen molar-refractivity contribution in [2.45, 2.75) is 25.9 Å². The van der Waals surface area contributed by atoms with Gasteiger partial charge >= 0.3 is 0 Å². The standard InChI is InChI=1S/C10H20N2O2/c1-8(13)7-12(2)10(14)9-3-5-11-6-4-9/h8-9,11,13H,3-7H2,1-2H3. The molecule has 1 fully saturated rings. The monoisotopic (exact) mass is 200 g/mol. The van der Waals surface area contributed by atoms with Gasteiger partial charge in [0.25, 0.3) is 0 Å². The first-order valence-electron chi connectivity index (χ1n) is 5.25. The molecule has 4 heteroatoms. The lowest BCUT2D eigenvalue weighted by Gasteiger charge is -2.27. The quantitative estimate of drug-likeness (QED) is 0.665. The Bertz CT molecular complexity index is 189. The van der Waals surface area contributed by atoms with Crippen molar-refractivity contribution in [3.05, 3.63) is 0 Å². The maximum Gasteiger partial charge on any atom is 0.225 e. The Morgan fingerprint density at radius 1 is 1.57 bits per heavy atom. The number of nitrogens with one attached hydrogen (secondary N) is 1. The molecule has 1 unspecified atom stereocenters. The molecular weight excluding hydrogens is 180 g/mol. The fourth-order valence-corrected chi connectivity index (χ4v) is 1.87. The minimum absolute atomic E-state index is 0.153. The number of carbonyl (C=O) groups excluding carboxylic acids is 1. The molecule has 2 N–H and O–H groups in total. The lowest BCUT2D eigenvalue weighted by molar-refractivity contribution is -0.136. The maximum atomic E-state index is 11.8. The minimum Gasteiger partial charge on any atom is -0.392 e. The molecule has 1 atom stereocenters. The largest absolute Gasteiger partial charge is 0.392 e. The van der Waals surface area contributed by atoms with Crippen LogP contribution in [0, 0.1) is 5.92 Å². The Labute approximate surface area is 85.3 Å². The fraction of sp³-hybridized carbons (Fsp3) is 0.900. The molecule has 14 heavy (non-hydrogen) atoms. The van der Waals surface area contributed by atoms with E-state index in [0.29, 0.717) is 6.54 Å². The van der Waals surface area contributed by atoms with E-state index in [1.165, 1.54) is 0 Å². The van der Waals surface area contributed by atoms with Crippen LogP contribution in [0.4, 0.5) is 0 Å². The predicted molar refractivity (Wildman–Crippen MR) is 54.9 cm³/mol. The van der Waals surface area contributed by atoms with E-state index >= 15 is 0 Å². The van der Waals surface area contributed by atoms with Crippen LogP contribution in [0.3, 0.4) is 0 Å². The van der Waals surface area contributed by atoms with Crippen molar-refractivity contribution in [2.75, 3.05) is 26.7 Å². The van der Waals surface area contributed by atoms with Gasteiger partial charge in [0, 0.05) is 19.5 Å². The third-order valence-corrected chi connectivity index (χ3v) is 2.60. The van der Waals surface area contributed by atoms with E-state index in [-0.39, 0.29) is 11.8 Å². The molecule has 1 aliphatic rings. The van der Waals surface area contributed by atoms with Crippen molar-refractivity contribution in [3.8, 4) is 0 Å². The van der Waals surface area contributed by atoms with Crippen molar-refractivity contribution < 1.29 is 9.90 Å². The number of hydrogen-bond donors (Lipinski definition) is 2. The van der Waals surface area contributed by atoms with Crippen molar-refractivity contribution in [3.63, 3.8) is 0 Å². The zero-order valence-corrected chi connectivity index (χ0v) is 8.99. The van der Waals surface area contributed by atoms with Crippen LogP contribution in [0.15, 0.2) is 0 Å². The van der Waals surface area contributed by atoms with Gasteiger partial charge in [0.2, 0.25) is 5.91 Å². The van der Waals surface area contributed by atoms with Crippen LogP contribution in [0.25, 0.3) is 0 Å². The average Bonchev–Trinajstić information content (AvgIpc) is 2.17. The summed E-state index contributed by atoms with van der Waals surface area (Å²) in [6.45, 7) is 3.99. The SMILES string of the molecule is CC(O)CN(C)C(=O)C1CCNCC1. The molecule has 0 aromatic carbocycles. The van der Waals surface area contributed by atoms with E-state index in [1.54, 1.807) is 18.9 Å². The van der Waals surface area contributed by atoms with Gasteiger partial charge in [-0.2, -0.15) is 0 Å². The molecule has 4 nitrogen and oxygen atoms in total. The molecule has 82 valence electrons. The van der Waals surface area contributed by atoms with E-state index in [0.717, 1.165) is 25.9 Å². The lowest BCUT2D eigenvalue weighted by atomic mass is 9.96.